The number of amides is 1. The number of carbonyl (C=O) groups is 1. The van der Waals surface area contributed by atoms with Crippen LogP contribution in [0.5, 0.6) is 0 Å². The van der Waals surface area contributed by atoms with Crippen LogP contribution in [0.4, 0.5) is 10.8 Å². The SMILES string of the molecule is O=C(/C=C/c1ccc(S(=O)(=O)Nc2ccc(-c3ccccc3)cc2)cc1)Nc1nnc(S)s1. The Hall–Kier alpha value is -3.47. The molecule has 7 nitrogen and oxygen atoms in total. The molecule has 166 valence electrons. The summed E-state index contributed by atoms with van der Waals surface area (Å²) in [5.74, 6) is -0.378. The van der Waals surface area contributed by atoms with Gasteiger partial charge < -0.3 is 0 Å². The molecule has 33 heavy (non-hydrogen) atoms. The molecule has 0 saturated carbocycles. The van der Waals surface area contributed by atoms with Crippen LogP contribution in [0.1, 0.15) is 5.56 Å². The van der Waals surface area contributed by atoms with Gasteiger partial charge >= 0.3 is 0 Å². The molecule has 10 heteroatoms. The molecule has 0 atom stereocenters. The molecule has 3 aromatic carbocycles. The number of hydrogen-bond donors (Lipinski definition) is 3. The Kier molecular flexibility index (Phi) is 6.87. The predicted octanol–water partition coefficient (Wildman–Crippen LogP) is 4.95. The molecule has 0 saturated heterocycles. The Morgan fingerprint density at radius 3 is 2.18 bits per heavy atom. The van der Waals surface area contributed by atoms with E-state index in [1.165, 1.54) is 18.2 Å². The second-order valence-electron chi connectivity index (χ2n) is 6.83. The third-order valence-corrected chi connectivity index (χ3v) is 6.91. The molecule has 2 N–H and O–H groups in total. The van der Waals surface area contributed by atoms with E-state index in [9.17, 15) is 13.2 Å². The largest absolute Gasteiger partial charge is 0.297 e. The second-order valence-corrected chi connectivity index (χ2v) is 10.2. The summed E-state index contributed by atoms with van der Waals surface area (Å²) in [4.78, 5) is 12.1. The number of anilines is 2. The zero-order chi connectivity index (χ0) is 23.3. The third kappa shape index (κ3) is 6.07. The molecule has 0 radical (unpaired) electrons. The highest BCUT2D eigenvalue weighted by atomic mass is 32.2. The minimum atomic E-state index is -3.75. The number of nitrogens with one attached hydrogen (secondary N) is 2. The highest BCUT2D eigenvalue weighted by Crippen LogP contribution is 2.23. The number of nitrogens with zero attached hydrogens (tertiary/aromatic N) is 2. The third-order valence-electron chi connectivity index (χ3n) is 4.51. The molecule has 0 aliphatic heterocycles. The van der Waals surface area contributed by atoms with E-state index in [0.717, 1.165) is 22.5 Å². The van der Waals surface area contributed by atoms with Crippen molar-refractivity contribution in [3.05, 3.63) is 90.5 Å². The number of hydrogen-bond acceptors (Lipinski definition) is 7. The van der Waals surface area contributed by atoms with Crippen molar-refractivity contribution in [1.82, 2.24) is 10.2 Å². The van der Waals surface area contributed by atoms with Gasteiger partial charge in [0, 0.05) is 11.8 Å². The van der Waals surface area contributed by atoms with E-state index >= 15 is 0 Å². The molecule has 1 amide bonds. The summed E-state index contributed by atoms with van der Waals surface area (Å²) in [7, 11) is -3.75. The van der Waals surface area contributed by atoms with Gasteiger partial charge in [0.05, 0.1) is 4.90 Å². The molecule has 1 heterocycles. The summed E-state index contributed by atoms with van der Waals surface area (Å²) in [5.41, 5.74) is 3.19. The molecule has 0 aliphatic carbocycles. The first-order valence-electron chi connectivity index (χ1n) is 9.69. The second kappa shape index (κ2) is 9.99. The molecule has 1 aromatic heterocycles. The van der Waals surface area contributed by atoms with E-state index in [1.54, 1.807) is 30.3 Å². The first kappa shape index (κ1) is 22.7. The van der Waals surface area contributed by atoms with Gasteiger partial charge in [-0.3, -0.25) is 14.8 Å². The van der Waals surface area contributed by atoms with Crippen LogP contribution in [0.3, 0.4) is 0 Å². The van der Waals surface area contributed by atoms with Gasteiger partial charge in [-0.2, -0.15) is 0 Å². The van der Waals surface area contributed by atoms with Crippen LogP contribution < -0.4 is 10.0 Å². The number of benzene rings is 3. The van der Waals surface area contributed by atoms with Crippen molar-refractivity contribution < 1.29 is 13.2 Å². The van der Waals surface area contributed by atoms with Crippen molar-refractivity contribution in [2.45, 2.75) is 9.24 Å². The first-order chi connectivity index (χ1) is 15.9. The van der Waals surface area contributed by atoms with Crippen molar-refractivity contribution in [3.63, 3.8) is 0 Å². The molecule has 4 aromatic rings. The fourth-order valence-corrected chi connectivity index (χ4v) is 4.77. The Labute approximate surface area is 200 Å². The summed E-state index contributed by atoms with van der Waals surface area (Å²) in [6.45, 7) is 0. The Morgan fingerprint density at radius 2 is 1.55 bits per heavy atom. The van der Waals surface area contributed by atoms with E-state index in [-0.39, 0.29) is 10.8 Å². The van der Waals surface area contributed by atoms with Crippen LogP contribution in [-0.2, 0) is 14.8 Å². The quantitative estimate of drug-likeness (QED) is 0.192. The van der Waals surface area contributed by atoms with Gasteiger partial charge in [0.2, 0.25) is 11.0 Å². The van der Waals surface area contributed by atoms with Crippen LogP contribution in [0.15, 0.2) is 94.2 Å². The Bertz CT molecular complexity index is 1380. The van der Waals surface area contributed by atoms with E-state index in [2.05, 4.69) is 32.9 Å². The van der Waals surface area contributed by atoms with Gasteiger partial charge in [0.25, 0.3) is 10.0 Å². The van der Waals surface area contributed by atoms with Gasteiger partial charge in [-0.15, -0.1) is 22.8 Å². The molecule has 0 spiro atoms. The summed E-state index contributed by atoms with van der Waals surface area (Å²) in [5, 5.41) is 10.4. The van der Waals surface area contributed by atoms with Crippen LogP contribution in [0.25, 0.3) is 17.2 Å². The van der Waals surface area contributed by atoms with Crippen molar-refractivity contribution in [3.8, 4) is 11.1 Å². The number of rotatable bonds is 7. The molecule has 0 bridgehead atoms. The Balaban J connectivity index is 1.39. The monoisotopic (exact) mass is 494 g/mol. The zero-order valence-electron chi connectivity index (χ0n) is 17.0. The molecule has 4 rings (SSSR count). The first-order valence-corrected chi connectivity index (χ1v) is 12.4. The van der Waals surface area contributed by atoms with E-state index in [4.69, 9.17) is 0 Å². The lowest BCUT2D eigenvalue weighted by molar-refractivity contribution is -0.111. The van der Waals surface area contributed by atoms with E-state index < -0.39 is 10.0 Å². The van der Waals surface area contributed by atoms with E-state index in [1.807, 2.05) is 42.5 Å². The molecular formula is C23H18N4O3S3. The van der Waals surface area contributed by atoms with Crippen molar-refractivity contribution >= 4 is 56.8 Å². The maximum Gasteiger partial charge on any atom is 0.261 e. The van der Waals surface area contributed by atoms with Crippen LogP contribution in [0.2, 0.25) is 0 Å². The van der Waals surface area contributed by atoms with Crippen molar-refractivity contribution in [1.29, 1.82) is 0 Å². The predicted molar refractivity (Wildman–Crippen MR) is 134 cm³/mol. The lowest BCUT2D eigenvalue weighted by Crippen LogP contribution is -2.12. The normalized spacial score (nSPS) is 11.4. The lowest BCUT2D eigenvalue weighted by Gasteiger charge is -2.09. The minimum absolute atomic E-state index is 0.117. The molecule has 0 aliphatic rings. The van der Waals surface area contributed by atoms with Gasteiger partial charge in [-0.05, 0) is 47.0 Å². The van der Waals surface area contributed by atoms with Gasteiger partial charge in [0.15, 0.2) is 4.34 Å². The number of sulfonamides is 1. The average Bonchev–Trinajstić information content (AvgIpc) is 3.23. The van der Waals surface area contributed by atoms with Gasteiger partial charge in [-0.25, -0.2) is 8.42 Å². The number of thiol groups is 1. The van der Waals surface area contributed by atoms with Crippen LogP contribution in [-0.4, -0.2) is 24.5 Å². The lowest BCUT2D eigenvalue weighted by atomic mass is 10.1. The maximum absolute atomic E-state index is 12.7. The van der Waals surface area contributed by atoms with Crippen molar-refractivity contribution in [2.24, 2.45) is 0 Å². The van der Waals surface area contributed by atoms with Crippen LogP contribution in [0, 0.1) is 0 Å². The van der Waals surface area contributed by atoms with Crippen molar-refractivity contribution in [2.75, 3.05) is 10.0 Å². The topological polar surface area (TPSA) is 101 Å². The summed E-state index contributed by atoms with van der Waals surface area (Å²) < 4.78 is 28.5. The molecule has 0 unspecified atom stereocenters. The number of aromatic nitrogens is 2. The van der Waals surface area contributed by atoms with Gasteiger partial charge in [-0.1, -0.05) is 65.9 Å². The fraction of sp³-hybridized carbons (Fsp3) is 0. The van der Waals surface area contributed by atoms with Crippen LogP contribution >= 0.6 is 24.0 Å². The summed E-state index contributed by atoms with van der Waals surface area (Å²) in [6.07, 6.45) is 2.90. The highest BCUT2D eigenvalue weighted by Gasteiger charge is 2.14. The minimum Gasteiger partial charge on any atom is -0.297 e. The smallest absolute Gasteiger partial charge is 0.261 e. The molecule has 0 fully saturated rings. The molecular weight excluding hydrogens is 476 g/mol. The van der Waals surface area contributed by atoms with Gasteiger partial charge in [0.1, 0.15) is 0 Å². The standard InChI is InChI=1S/C23H18N4O3S3/c28-21(24-22-25-26-23(31)32-22)15-8-16-6-13-20(14-7-16)33(29,30)27-19-11-9-18(10-12-19)17-4-2-1-3-5-17/h1-15,27H,(H,26,31)(H,24,25,28)/b15-8+. The average molecular weight is 495 g/mol. The number of carbonyl (C=O) groups excluding carboxylic acids is 1. The fourth-order valence-electron chi connectivity index (χ4n) is 2.92. The summed E-state index contributed by atoms with van der Waals surface area (Å²) in [6, 6.07) is 23.2. The maximum atomic E-state index is 12.7. The summed E-state index contributed by atoms with van der Waals surface area (Å²) >= 11 is 5.19. The Morgan fingerprint density at radius 1 is 0.879 bits per heavy atom. The van der Waals surface area contributed by atoms with E-state index in [0.29, 0.717) is 20.7 Å². The zero-order valence-corrected chi connectivity index (χ0v) is 19.6. The highest BCUT2D eigenvalue weighted by molar-refractivity contribution is 7.92.